The zero-order valence-electron chi connectivity index (χ0n) is 18.7. The second-order valence-corrected chi connectivity index (χ2v) is 12.0. The molecule has 1 aliphatic heterocycles. The third-order valence-corrected chi connectivity index (χ3v) is 9.61. The highest BCUT2D eigenvalue weighted by Gasteiger charge is 2.31. The summed E-state index contributed by atoms with van der Waals surface area (Å²) in [7, 11) is -5.74. The largest absolute Gasteiger partial charge is 0.455 e. The lowest BCUT2D eigenvalue weighted by molar-refractivity contribution is 0.0922. The molecule has 0 saturated carbocycles. The van der Waals surface area contributed by atoms with Crippen molar-refractivity contribution in [1.82, 2.24) is 13.9 Å². The maximum Gasteiger partial charge on any atom is 0.287 e. The molecule has 2 aromatic rings. The molecule has 1 N–H and O–H groups in total. The first-order chi connectivity index (χ1) is 14.9. The van der Waals surface area contributed by atoms with Gasteiger partial charge < -0.3 is 9.73 Å². The third kappa shape index (κ3) is 4.90. The van der Waals surface area contributed by atoms with Gasteiger partial charge in [-0.2, -0.15) is 8.61 Å². The van der Waals surface area contributed by atoms with E-state index in [-0.39, 0.29) is 33.9 Å². The van der Waals surface area contributed by atoms with E-state index in [0.717, 1.165) is 12.8 Å². The molecule has 1 saturated heterocycles. The molecular formula is C21H29N3O6S2. The molecule has 0 spiro atoms. The minimum Gasteiger partial charge on any atom is -0.455 e. The van der Waals surface area contributed by atoms with E-state index in [1.807, 2.05) is 0 Å². The van der Waals surface area contributed by atoms with Crippen LogP contribution in [0, 0.1) is 6.92 Å². The van der Waals surface area contributed by atoms with Gasteiger partial charge in [0, 0.05) is 38.8 Å². The first kappa shape index (κ1) is 24.4. The number of sulfonamides is 2. The standard InChI is InChI=1S/C21H29N3O6S2/c1-15(2)23(4)31(26,27)18-9-7-17(8-10-18)14-22-21(25)19-13-20(16(3)30-19)32(28,29)24-11-5-6-12-24/h7-10,13,15H,5-6,11-12,14H2,1-4H3,(H,22,25). The van der Waals surface area contributed by atoms with Crippen LogP contribution in [0.25, 0.3) is 0 Å². The molecule has 0 radical (unpaired) electrons. The number of benzene rings is 1. The predicted octanol–water partition coefficient (Wildman–Crippen LogP) is 2.33. The van der Waals surface area contributed by atoms with E-state index >= 15 is 0 Å². The maximum atomic E-state index is 12.8. The van der Waals surface area contributed by atoms with Crippen LogP contribution >= 0.6 is 0 Å². The van der Waals surface area contributed by atoms with Crippen molar-refractivity contribution in [2.45, 2.75) is 56.0 Å². The fraction of sp³-hybridized carbons (Fsp3) is 0.476. The highest BCUT2D eigenvalue weighted by Crippen LogP contribution is 2.26. The number of hydrogen-bond donors (Lipinski definition) is 1. The number of rotatable bonds is 8. The van der Waals surface area contributed by atoms with Gasteiger partial charge in [-0.25, -0.2) is 16.8 Å². The minimum atomic E-state index is -3.68. The van der Waals surface area contributed by atoms with Gasteiger partial charge in [-0.05, 0) is 51.3 Å². The number of carbonyl (C=O) groups excluding carboxylic acids is 1. The van der Waals surface area contributed by atoms with Crippen LogP contribution in [0.5, 0.6) is 0 Å². The number of hydrogen-bond acceptors (Lipinski definition) is 6. The van der Waals surface area contributed by atoms with Crippen LogP contribution in [0.1, 0.15) is 48.6 Å². The Morgan fingerprint density at radius 1 is 1.12 bits per heavy atom. The molecule has 0 bridgehead atoms. The SMILES string of the molecule is Cc1oc(C(=O)NCc2ccc(S(=O)(=O)N(C)C(C)C)cc2)cc1S(=O)(=O)N1CCCC1. The Morgan fingerprint density at radius 2 is 1.72 bits per heavy atom. The van der Waals surface area contributed by atoms with Crippen molar-refractivity contribution in [3.05, 3.63) is 47.4 Å². The van der Waals surface area contributed by atoms with E-state index in [1.165, 1.54) is 40.8 Å². The van der Waals surface area contributed by atoms with Gasteiger partial charge in [0.05, 0.1) is 4.90 Å². The molecule has 176 valence electrons. The van der Waals surface area contributed by atoms with Gasteiger partial charge in [0.15, 0.2) is 5.76 Å². The Bertz CT molecular complexity index is 1180. The van der Waals surface area contributed by atoms with E-state index in [2.05, 4.69) is 5.32 Å². The molecule has 1 aromatic heterocycles. The van der Waals surface area contributed by atoms with Crippen molar-refractivity contribution in [1.29, 1.82) is 0 Å². The number of carbonyl (C=O) groups is 1. The van der Waals surface area contributed by atoms with Gasteiger partial charge in [-0.3, -0.25) is 4.79 Å². The number of nitrogens with zero attached hydrogens (tertiary/aromatic N) is 2. The summed E-state index contributed by atoms with van der Waals surface area (Å²) in [5.74, 6) is -0.462. The van der Waals surface area contributed by atoms with Crippen LogP contribution in [-0.4, -0.2) is 57.5 Å². The van der Waals surface area contributed by atoms with Gasteiger partial charge in [0.25, 0.3) is 5.91 Å². The zero-order chi connectivity index (χ0) is 23.7. The van der Waals surface area contributed by atoms with Crippen LogP contribution < -0.4 is 5.32 Å². The summed E-state index contributed by atoms with van der Waals surface area (Å²) >= 11 is 0. The Labute approximate surface area is 189 Å². The summed E-state index contributed by atoms with van der Waals surface area (Å²) in [5, 5.41) is 2.68. The van der Waals surface area contributed by atoms with Gasteiger partial charge in [-0.15, -0.1) is 0 Å². The van der Waals surface area contributed by atoms with Crippen LogP contribution in [0.15, 0.2) is 44.5 Å². The topological polar surface area (TPSA) is 117 Å². The average Bonchev–Trinajstić information content (AvgIpc) is 3.42. The number of furan rings is 1. The predicted molar refractivity (Wildman–Crippen MR) is 119 cm³/mol. The fourth-order valence-electron chi connectivity index (χ4n) is 3.39. The van der Waals surface area contributed by atoms with E-state index < -0.39 is 26.0 Å². The molecule has 3 rings (SSSR count). The quantitative estimate of drug-likeness (QED) is 0.616. The summed E-state index contributed by atoms with van der Waals surface area (Å²) in [6.45, 7) is 6.17. The van der Waals surface area contributed by atoms with E-state index in [4.69, 9.17) is 4.42 Å². The molecule has 0 aliphatic carbocycles. The van der Waals surface area contributed by atoms with Crippen LogP contribution in [0.4, 0.5) is 0 Å². The average molecular weight is 484 g/mol. The summed E-state index contributed by atoms with van der Waals surface area (Å²) < 4.78 is 58.7. The van der Waals surface area contributed by atoms with Crippen molar-refractivity contribution < 1.29 is 26.0 Å². The van der Waals surface area contributed by atoms with Crippen molar-refractivity contribution in [2.24, 2.45) is 0 Å². The summed E-state index contributed by atoms with van der Waals surface area (Å²) in [6.07, 6.45) is 1.63. The lowest BCUT2D eigenvalue weighted by Gasteiger charge is -2.21. The highest BCUT2D eigenvalue weighted by atomic mass is 32.2. The number of amides is 1. The molecule has 9 nitrogen and oxygen atoms in total. The highest BCUT2D eigenvalue weighted by molar-refractivity contribution is 7.89. The van der Waals surface area contributed by atoms with Crippen molar-refractivity contribution >= 4 is 26.0 Å². The summed E-state index contributed by atoms with van der Waals surface area (Å²) in [4.78, 5) is 12.7. The molecule has 32 heavy (non-hydrogen) atoms. The second kappa shape index (κ2) is 9.34. The first-order valence-electron chi connectivity index (χ1n) is 10.4. The van der Waals surface area contributed by atoms with Gasteiger partial charge in [0.1, 0.15) is 10.7 Å². The van der Waals surface area contributed by atoms with Crippen LogP contribution in [0.2, 0.25) is 0 Å². The molecule has 0 unspecified atom stereocenters. The molecule has 2 heterocycles. The van der Waals surface area contributed by atoms with E-state index in [0.29, 0.717) is 18.7 Å². The van der Waals surface area contributed by atoms with Gasteiger partial charge in [-0.1, -0.05) is 12.1 Å². The zero-order valence-corrected chi connectivity index (χ0v) is 20.3. The Kier molecular flexibility index (Phi) is 7.13. The molecule has 1 amide bonds. The lowest BCUT2D eigenvalue weighted by atomic mass is 10.2. The van der Waals surface area contributed by atoms with Crippen molar-refractivity contribution in [2.75, 3.05) is 20.1 Å². The molecule has 1 aromatic carbocycles. The third-order valence-electron chi connectivity index (χ3n) is 5.56. The first-order valence-corrected chi connectivity index (χ1v) is 13.3. The lowest BCUT2D eigenvalue weighted by Crippen LogP contribution is -2.33. The Morgan fingerprint density at radius 3 is 2.28 bits per heavy atom. The molecule has 1 fully saturated rings. The molecule has 0 atom stereocenters. The fourth-order valence-corrected chi connectivity index (χ4v) is 6.44. The smallest absolute Gasteiger partial charge is 0.287 e. The second-order valence-electron chi connectivity index (χ2n) is 8.08. The van der Waals surface area contributed by atoms with E-state index in [9.17, 15) is 21.6 Å². The van der Waals surface area contributed by atoms with Crippen molar-refractivity contribution in [3.8, 4) is 0 Å². The van der Waals surface area contributed by atoms with E-state index in [1.54, 1.807) is 26.0 Å². The Hall–Kier alpha value is -2.21. The maximum absolute atomic E-state index is 12.8. The van der Waals surface area contributed by atoms with Crippen LogP contribution in [0.3, 0.4) is 0 Å². The normalized spacial score (nSPS) is 15.6. The van der Waals surface area contributed by atoms with Gasteiger partial charge >= 0.3 is 0 Å². The molecule has 1 aliphatic rings. The monoisotopic (exact) mass is 483 g/mol. The molecular weight excluding hydrogens is 454 g/mol. The number of nitrogens with one attached hydrogen (secondary N) is 1. The summed E-state index contributed by atoms with van der Waals surface area (Å²) in [5.41, 5.74) is 0.692. The van der Waals surface area contributed by atoms with Crippen LogP contribution in [-0.2, 0) is 26.6 Å². The van der Waals surface area contributed by atoms with Gasteiger partial charge in [0.2, 0.25) is 20.0 Å². The minimum absolute atomic E-state index is 0.00776. The Balaban J connectivity index is 1.68. The molecule has 11 heteroatoms. The van der Waals surface area contributed by atoms with Crippen molar-refractivity contribution in [3.63, 3.8) is 0 Å². The number of aryl methyl sites for hydroxylation is 1. The summed E-state index contributed by atoms with van der Waals surface area (Å²) in [6, 6.07) is 7.32.